The third-order valence-electron chi connectivity index (χ3n) is 0.718. The highest BCUT2D eigenvalue weighted by Crippen LogP contribution is 2.12. The van der Waals surface area contributed by atoms with Crippen molar-refractivity contribution in [2.24, 2.45) is 5.73 Å². The molecule has 0 aromatic rings. The zero-order chi connectivity index (χ0) is 6.15. The predicted octanol–water partition coefficient (Wildman–Crippen LogP) is -0.746. The highest BCUT2D eigenvalue weighted by atomic mass is 32.2. The second-order valence-corrected chi connectivity index (χ2v) is 2.43. The van der Waals surface area contributed by atoms with E-state index in [-0.39, 0.29) is 5.24 Å². The lowest BCUT2D eigenvalue weighted by Gasteiger charge is -1.88. The van der Waals surface area contributed by atoms with E-state index in [9.17, 15) is 9.59 Å². The summed E-state index contributed by atoms with van der Waals surface area (Å²) in [6, 6.07) is 0. The Hall–Kier alpha value is -0.550. The van der Waals surface area contributed by atoms with E-state index in [1.807, 2.05) is 5.32 Å². The van der Waals surface area contributed by atoms with Crippen LogP contribution in [0.3, 0.4) is 0 Å². The fraction of sp³-hybridized carbons (Fsp3) is 0.333. The zero-order valence-electron chi connectivity index (χ0n) is 3.88. The number of nitrogens with one attached hydrogen (secondary N) is 1. The molecule has 3 N–H and O–H groups in total. The summed E-state index contributed by atoms with van der Waals surface area (Å²) in [5.74, 6) is -0.403. The zero-order valence-corrected chi connectivity index (χ0v) is 4.70. The van der Waals surface area contributed by atoms with Gasteiger partial charge in [0, 0.05) is 0 Å². The molecule has 0 aromatic heterocycles. The van der Waals surface area contributed by atoms with Gasteiger partial charge in [0.05, 0.1) is 0 Å². The Kier molecular flexibility index (Phi) is 1.22. The molecule has 0 spiro atoms. The van der Waals surface area contributed by atoms with Crippen LogP contribution in [0.1, 0.15) is 0 Å². The standard InChI is InChI=1S/C3H4N2O2S/c4-1-2(6)5-3(7)8-1/h1H,4H2,(H,5,6,7)/t1-/m1/s1. The van der Waals surface area contributed by atoms with E-state index in [0.29, 0.717) is 0 Å². The van der Waals surface area contributed by atoms with Crippen LogP contribution >= 0.6 is 11.8 Å². The summed E-state index contributed by atoms with van der Waals surface area (Å²) in [5, 5.41) is 0.976. The smallest absolute Gasteiger partial charge is 0.287 e. The van der Waals surface area contributed by atoms with Crippen molar-refractivity contribution in [2.75, 3.05) is 0 Å². The first-order chi connectivity index (χ1) is 3.70. The maximum atomic E-state index is 10.3. The summed E-state index contributed by atoms with van der Waals surface area (Å²) < 4.78 is 0. The Morgan fingerprint density at radius 2 is 2.25 bits per heavy atom. The molecule has 2 amide bonds. The summed E-state index contributed by atoms with van der Waals surface area (Å²) in [7, 11) is 0. The molecular formula is C3H4N2O2S. The predicted molar refractivity (Wildman–Crippen MR) is 29.1 cm³/mol. The van der Waals surface area contributed by atoms with Crippen LogP contribution in [0.15, 0.2) is 0 Å². The first kappa shape index (κ1) is 5.58. The van der Waals surface area contributed by atoms with Crippen LogP contribution in [0, 0.1) is 0 Å². The minimum absolute atomic E-state index is 0.359. The Bertz CT molecular complexity index is 146. The molecule has 0 unspecified atom stereocenters. The highest BCUT2D eigenvalue weighted by molar-refractivity contribution is 8.15. The first-order valence-corrected chi connectivity index (χ1v) is 2.85. The van der Waals surface area contributed by atoms with Gasteiger partial charge in [-0.25, -0.2) is 0 Å². The van der Waals surface area contributed by atoms with Crippen LogP contribution in [0.4, 0.5) is 4.79 Å². The SMILES string of the molecule is N[C@@H]1SC(=O)NC1=O. The molecule has 1 heterocycles. The van der Waals surface area contributed by atoms with E-state index in [4.69, 9.17) is 5.73 Å². The van der Waals surface area contributed by atoms with Crippen LogP contribution in [0.5, 0.6) is 0 Å². The van der Waals surface area contributed by atoms with Gasteiger partial charge in [-0.05, 0) is 11.8 Å². The Balaban J connectivity index is 2.64. The van der Waals surface area contributed by atoms with Crippen molar-refractivity contribution in [3.05, 3.63) is 0 Å². The van der Waals surface area contributed by atoms with Crippen molar-refractivity contribution < 1.29 is 9.59 Å². The number of rotatable bonds is 0. The topological polar surface area (TPSA) is 72.2 Å². The lowest BCUT2D eigenvalue weighted by molar-refractivity contribution is -0.118. The minimum Gasteiger partial charge on any atom is -0.311 e. The third kappa shape index (κ3) is 0.823. The minimum atomic E-state index is -0.692. The average Bonchev–Trinajstić information content (AvgIpc) is 1.85. The molecule has 1 atom stereocenters. The number of nitrogens with two attached hydrogens (primary N) is 1. The van der Waals surface area contributed by atoms with E-state index in [1.165, 1.54) is 0 Å². The van der Waals surface area contributed by atoms with Crippen molar-refractivity contribution in [1.82, 2.24) is 5.32 Å². The fourth-order valence-electron chi connectivity index (χ4n) is 0.370. The molecule has 5 heteroatoms. The normalized spacial score (nSPS) is 28.4. The van der Waals surface area contributed by atoms with Crippen LogP contribution in [0.2, 0.25) is 0 Å². The molecule has 0 aromatic carbocycles. The van der Waals surface area contributed by atoms with Gasteiger partial charge in [0.1, 0.15) is 5.37 Å². The fourth-order valence-corrected chi connectivity index (χ4v) is 0.926. The summed E-state index contributed by atoms with van der Waals surface area (Å²) in [5.41, 5.74) is 5.10. The van der Waals surface area contributed by atoms with Crippen molar-refractivity contribution >= 4 is 22.9 Å². The average molecular weight is 132 g/mol. The van der Waals surface area contributed by atoms with Crippen LogP contribution < -0.4 is 11.1 Å². The molecule has 4 nitrogen and oxygen atoms in total. The van der Waals surface area contributed by atoms with Gasteiger partial charge in [0.25, 0.3) is 11.1 Å². The Morgan fingerprint density at radius 1 is 1.62 bits per heavy atom. The quantitative estimate of drug-likeness (QED) is 0.455. The van der Waals surface area contributed by atoms with Gasteiger partial charge in [-0.3, -0.25) is 14.9 Å². The van der Waals surface area contributed by atoms with Gasteiger partial charge in [-0.2, -0.15) is 0 Å². The van der Waals surface area contributed by atoms with E-state index in [1.54, 1.807) is 0 Å². The van der Waals surface area contributed by atoms with Gasteiger partial charge in [-0.1, -0.05) is 0 Å². The van der Waals surface area contributed by atoms with E-state index < -0.39 is 11.3 Å². The molecule has 1 aliphatic rings. The molecule has 0 saturated carbocycles. The molecule has 1 aliphatic heterocycles. The maximum Gasteiger partial charge on any atom is 0.287 e. The molecule has 44 valence electrons. The second-order valence-electron chi connectivity index (χ2n) is 1.32. The van der Waals surface area contributed by atoms with Gasteiger partial charge in [0.15, 0.2) is 0 Å². The second kappa shape index (κ2) is 1.75. The van der Waals surface area contributed by atoms with Gasteiger partial charge in [0.2, 0.25) is 0 Å². The largest absolute Gasteiger partial charge is 0.311 e. The summed E-state index contributed by atoms with van der Waals surface area (Å²) in [6.07, 6.45) is 0. The van der Waals surface area contributed by atoms with Crippen LogP contribution in [-0.2, 0) is 4.79 Å². The van der Waals surface area contributed by atoms with Crippen molar-refractivity contribution in [1.29, 1.82) is 0 Å². The van der Waals surface area contributed by atoms with Gasteiger partial charge >= 0.3 is 0 Å². The molecule has 1 saturated heterocycles. The van der Waals surface area contributed by atoms with Gasteiger partial charge in [-0.15, -0.1) is 0 Å². The molecule has 8 heavy (non-hydrogen) atoms. The van der Waals surface area contributed by atoms with Crippen LogP contribution in [0.25, 0.3) is 0 Å². The van der Waals surface area contributed by atoms with Crippen molar-refractivity contribution in [3.8, 4) is 0 Å². The number of carbonyl (C=O) groups excluding carboxylic acids is 2. The van der Waals surface area contributed by atoms with E-state index in [0.717, 1.165) is 11.8 Å². The number of amides is 2. The monoisotopic (exact) mass is 132 g/mol. The van der Waals surface area contributed by atoms with Crippen molar-refractivity contribution in [2.45, 2.75) is 5.37 Å². The lowest BCUT2D eigenvalue weighted by atomic mass is 10.6. The molecule has 1 fully saturated rings. The first-order valence-electron chi connectivity index (χ1n) is 1.97. The Morgan fingerprint density at radius 3 is 2.38 bits per heavy atom. The van der Waals surface area contributed by atoms with Crippen LogP contribution in [-0.4, -0.2) is 16.5 Å². The van der Waals surface area contributed by atoms with Crippen molar-refractivity contribution in [3.63, 3.8) is 0 Å². The third-order valence-corrected chi connectivity index (χ3v) is 1.50. The molecule has 0 radical (unpaired) electrons. The maximum absolute atomic E-state index is 10.3. The van der Waals surface area contributed by atoms with Gasteiger partial charge < -0.3 is 5.73 Å². The number of carbonyl (C=O) groups is 2. The van der Waals surface area contributed by atoms with E-state index in [2.05, 4.69) is 0 Å². The molecule has 0 bridgehead atoms. The summed E-state index contributed by atoms with van der Waals surface area (Å²) in [4.78, 5) is 20.5. The van der Waals surface area contributed by atoms with E-state index >= 15 is 0 Å². The molecule has 0 aliphatic carbocycles. The Labute approximate surface area is 49.8 Å². The number of hydrogen-bond acceptors (Lipinski definition) is 4. The molecular weight excluding hydrogens is 128 g/mol. The molecule has 1 rings (SSSR count). The summed E-state index contributed by atoms with van der Waals surface area (Å²) in [6.45, 7) is 0. The number of thioether (sulfide) groups is 1. The lowest BCUT2D eigenvalue weighted by Crippen LogP contribution is -2.29. The number of hydrogen-bond donors (Lipinski definition) is 2. The number of imide groups is 1. The highest BCUT2D eigenvalue weighted by Gasteiger charge is 2.27. The summed E-state index contributed by atoms with van der Waals surface area (Å²) >= 11 is 0.807.